The maximum atomic E-state index is 12.8. The Labute approximate surface area is 176 Å². The van der Waals surface area contributed by atoms with E-state index in [1.54, 1.807) is 30.3 Å². The molecule has 0 bridgehead atoms. The molecule has 0 unspecified atom stereocenters. The van der Waals surface area contributed by atoms with E-state index in [1.807, 2.05) is 11.0 Å². The summed E-state index contributed by atoms with van der Waals surface area (Å²) in [6.07, 6.45) is 1.98. The minimum atomic E-state index is -3.72. The molecule has 0 saturated carbocycles. The molecule has 2 aromatic carbocycles. The Morgan fingerprint density at radius 2 is 1.73 bits per heavy atom. The summed E-state index contributed by atoms with van der Waals surface area (Å²) in [6, 6.07) is 13.3. The lowest BCUT2D eigenvalue weighted by atomic mass is 10.1. The largest absolute Gasteiger partial charge is 0.452 e. The van der Waals surface area contributed by atoms with Gasteiger partial charge in [-0.1, -0.05) is 18.2 Å². The highest BCUT2D eigenvalue weighted by atomic mass is 32.2. The van der Waals surface area contributed by atoms with E-state index in [9.17, 15) is 18.0 Å². The van der Waals surface area contributed by atoms with Gasteiger partial charge < -0.3 is 15.0 Å². The Morgan fingerprint density at radius 1 is 1.07 bits per heavy atom. The van der Waals surface area contributed by atoms with E-state index < -0.39 is 28.5 Å². The normalized spacial score (nSPS) is 14.0. The average Bonchev–Trinajstić information content (AvgIpc) is 3.27. The van der Waals surface area contributed by atoms with Crippen molar-refractivity contribution in [1.82, 2.24) is 4.31 Å². The number of amides is 1. The van der Waals surface area contributed by atoms with Crippen molar-refractivity contribution in [2.45, 2.75) is 17.7 Å². The summed E-state index contributed by atoms with van der Waals surface area (Å²) >= 11 is 0. The molecule has 9 heteroatoms. The molecule has 3 rings (SSSR count). The van der Waals surface area contributed by atoms with Gasteiger partial charge in [0, 0.05) is 32.9 Å². The van der Waals surface area contributed by atoms with E-state index >= 15 is 0 Å². The van der Waals surface area contributed by atoms with Crippen LogP contribution in [-0.4, -0.2) is 58.4 Å². The van der Waals surface area contributed by atoms with Crippen molar-refractivity contribution in [1.29, 1.82) is 0 Å². The van der Waals surface area contributed by atoms with Gasteiger partial charge in [-0.25, -0.2) is 17.5 Å². The molecule has 1 N–H and O–H groups in total. The fourth-order valence-electron chi connectivity index (χ4n) is 3.21. The number of carbonyl (C=O) groups is 2. The quantitative estimate of drug-likeness (QED) is 0.676. The number of anilines is 2. The number of rotatable bonds is 7. The molecule has 0 atom stereocenters. The predicted octanol–water partition coefficient (Wildman–Crippen LogP) is 2.33. The minimum absolute atomic E-state index is 0.00358. The third-order valence-electron chi connectivity index (χ3n) is 4.81. The van der Waals surface area contributed by atoms with Gasteiger partial charge in [0.05, 0.1) is 16.1 Å². The smallest absolute Gasteiger partial charge is 0.340 e. The van der Waals surface area contributed by atoms with Gasteiger partial charge in [0.25, 0.3) is 5.91 Å². The van der Waals surface area contributed by atoms with Crippen LogP contribution >= 0.6 is 0 Å². The van der Waals surface area contributed by atoms with Gasteiger partial charge in [-0.2, -0.15) is 0 Å². The van der Waals surface area contributed by atoms with Crippen molar-refractivity contribution in [3.63, 3.8) is 0 Å². The van der Waals surface area contributed by atoms with Crippen molar-refractivity contribution >= 4 is 33.3 Å². The van der Waals surface area contributed by atoms with E-state index in [0.717, 1.165) is 30.2 Å². The number of para-hydroxylation sites is 1. The second-order valence-corrected chi connectivity index (χ2v) is 9.30. The van der Waals surface area contributed by atoms with Crippen LogP contribution in [0, 0.1) is 0 Å². The van der Waals surface area contributed by atoms with Crippen LogP contribution in [0.3, 0.4) is 0 Å². The summed E-state index contributed by atoms with van der Waals surface area (Å²) in [7, 11) is -0.865. The first kappa shape index (κ1) is 21.8. The highest BCUT2D eigenvalue weighted by Crippen LogP contribution is 2.28. The number of esters is 1. The highest BCUT2D eigenvalue weighted by molar-refractivity contribution is 7.89. The van der Waals surface area contributed by atoms with Gasteiger partial charge in [-0.15, -0.1) is 0 Å². The standard InChI is InChI=1S/C21H25N3O5S/c1-23(2)30(27,28)17-10-11-19(24-12-6-7-13-24)18(14-17)21(26)29-15-20(25)22-16-8-4-3-5-9-16/h3-5,8-11,14H,6-7,12-13,15H2,1-2H3,(H,22,25). The fourth-order valence-corrected chi connectivity index (χ4v) is 4.14. The van der Waals surface area contributed by atoms with Crippen LogP contribution < -0.4 is 10.2 Å². The molecule has 1 aliphatic heterocycles. The Hall–Kier alpha value is -2.91. The second kappa shape index (κ2) is 9.27. The van der Waals surface area contributed by atoms with Gasteiger partial charge in [0.2, 0.25) is 10.0 Å². The van der Waals surface area contributed by atoms with Crippen LogP contribution in [0.15, 0.2) is 53.4 Å². The predicted molar refractivity (Wildman–Crippen MR) is 114 cm³/mol. The molecule has 0 spiro atoms. The molecule has 0 aromatic heterocycles. The Morgan fingerprint density at radius 3 is 2.37 bits per heavy atom. The van der Waals surface area contributed by atoms with E-state index in [1.165, 1.54) is 26.2 Å². The molecule has 0 radical (unpaired) electrons. The molecule has 160 valence electrons. The summed E-state index contributed by atoms with van der Waals surface area (Å²) in [5, 5.41) is 2.64. The van der Waals surface area contributed by atoms with Gasteiger partial charge in [0.15, 0.2) is 6.61 Å². The van der Waals surface area contributed by atoms with Crippen molar-refractivity contribution in [2.75, 3.05) is 44.0 Å². The van der Waals surface area contributed by atoms with Gasteiger partial charge in [-0.3, -0.25) is 4.79 Å². The second-order valence-electron chi connectivity index (χ2n) is 7.15. The van der Waals surface area contributed by atoms with Gasteiger partial charge >= 0.3 is 5.97 Å². The maximum Gasteiger partial charge on any atom is 0.340 e. The number of hydrogen-bond donors (Lipinski definition) is 1. The SMILES string of the molecule is CN(C)S(=O)(=O)c1ccc(N2CCCC2)c(C(=O)OCC(=O)Nc2ccccc2)c1. The van der Waals surface area contributed by atoms with Crippen LogP contribution in [0.4, 0.5) is 11.4 Å². The summed E-state index contributed by atoms with van der Waals surface area (Å²) in [5.41, 5.74) is 1.33. The summed E-state index contributed by atoms with van der Waals surface area (Å²) in [5.74, 6) is -1.22. The number of ether oxygens (including phenoxy) is 1. The van der Waals surface area contributed by atoms with E-state index in [0.29, 0.717) is 11.4 Å². The number of carbonyl (C=O) groups excluding carboxylic acids is 2. The van der Waals surface area contributed by atoms with Crippen LogP contribution in [-0.2, 0) is 19.6 Å². The first-order chi connectivity index (χ1) is 14.3. The van der Waals surface area contributed by atoms with E-state index in [4.69, 9.17) is 4.74 Å². The lowest BCUT2D eigenvalue weighted by Gasteiger charge is -2.22. The van der Waals surface area contributed by atoms with Gasteiger partial charge in [0.1, 0.15) is 0 Å². The molecule has 2 aromatic rings. The lowest BCUT2D eigenvalue weighted by molar-refractivity contribution is -0.119. The molecule has 1 aliphatic rings. The fraction of sp³-hybridized carbons (Fsp3) is 0.333. The maximum absolute atomic E-state index is 12.8. The molecule has 1 heterocycles. The first-order valence-corrected chi connectivity index (χ1v) is 11.1. The zero-order chi connectivity index (χ0) is 21.7. The third-order valence-corrected chi connectivity index (χ3v) is 6.62. The van der Waals surface area contributed by atoms with Crippen molar-refractivity contribution < 1.29 is 22.7 Å². The van der Waals surface area contributed by atoms with Crippen LogP contribution in [0.1, 0.15) is 23.2 Å². The molecule has 30 heavy (non-hydrogen) atoms. The monoisotopic (exact) mass is 431 g/mol. The molecule has 1 fully saturated rings. The van der Waals surface area contributed by atoms with Crippen molar-refractivity contribution in [3.8, 4) is 0 Å². The molecule has 1 amide bonds. The first-order valence-electron chi connectivity index (χ1n) is 9.62. The third kappa shape index (κ3) is 4.98. The van der Waals surface area contributed by atoms with Crippen molar-refractivity contribution in [2.24, 2.45) is 0 Å². The molecular weight excluding hydrogens is 406 g/mol. The average molecular weight is 432 g/mol. The molecule has 1 saturated heterocycles. The zero-order valence-electron chi connectivity index (χ0n) is 17.0. The van der Waals surface area contributed by atoms with E-state index in [-0.39, 0.29) is 10.5 Å². The molecule has 8 nitrogen and oxygen atoms in total. The minimum Gasteiger partial charge on any atom is -0.452 e. The van der Waals surface area contributed by atoms with Crippen LogP contribution in [0.5, 0.6) is 0 Å². The molecule has 0 aliphatic carbocycles. The topological polar surface area (TPSA) is 96.0 Å². The highest BCUT2D eigenvalue weighted by Gasteiger charge is 2.25. The summed E-state index contributed by atoms with van der Waals surface area (Å²) in [6.45, 7) is 1.07. The van der Waals surface area contributed by atoms with Crippen LogP contribution in [0.2, 0.25) is 0 Å². The Balaban J connectivity index is 1.80. The van der Waals surface area contributed by atoms with E-state index in [2.05, 4.69) is 5.32 Å². The van der Waals surface area contributed by atoms with Crippen LogP contribution in [0.25, 0.3) is 0 Å². The summed E-state index contributed by atoms with van der Waals surface area (Å²) in [4.78, 5) is 26.9. The zero-order valence-corrected chi connectivity index (χ0v) is 17.8. The number of nitrogens with zero attached hydrogens (tertiary/aromatic N) is 2. The number of nitrogens with one attached hydrogen (secondary N) is 1. The Kier molecular flexibility index (Phi) is 6.73. The molecular formula is C21H25N3O5S. The van der Waals surface area contributed by atoms with Crippen molar-refractivity contribution in [3.05, 3.63) is 54.1 Å². The number of benzene rings is 2. The van der Waals surface area contributed by atoms with Gasteiger partial charge in [-0.05, 0) is 43.2 Å². The summed E-state index contributed by atoms with van der Waals surface area (Å²) < 4.78 is 31.3. The Bertz CT molecular complexity index is 1020. The lowest BCUT2D eigenvalue weighted by Crippen LogP contribution is -2.26. The number of hydrogen-bond acceptors (Lipinski definition) is 6. The number of sulfonamides is 1.